The van der Waals surface area contributed by atoms with Gasteiger partial charge in [-0.05, 0) is 30.7 Å². The minimum absolute atomic E-state index is 0.0371. The van der Waals surface area contributed by atoms with Crippen molar-refractivity contribution in [2.75, 3.05) is 6.61 Å². The molecule has 5 heteroatoms. The number of aliphatic hydroxyl groups excluding tert-OH is 2. The van der Waals surface area contributed by atoms with E-state index in [1.54, 1.807) is 6.07 Å². The Balaban J connectivity index is 1.58. The van der Waals surface area contributed by atoms with E-state index in [2.05, 4.69) is 0 Å². The average Bonchev–Trinajstić information content (AvgIpc) is 3.00. The van der Waals surface area contributed by atoms with Crippen molar-refractivity contribution in [2.45, 2.75) is 51.0 Å². The van der Waals surface area contributed by atoms with E-state index in [9.17, 15) is 14.7 Å². The number of rotatable bonds is 10. The monoisotopic (exact) mass is 410 g/mol. The van der Waals surface area contributed by atoms with Crippen molar-refractivity contribution in [1.82, 2.24) is 0 Å². The summed E-state index contributed by atoms with van der Waals surface area (Å²) in [5.41, 5.74) is 0. The summed E-state index contributed by atoms with van der Waals surface area (Å²) in [6, 6.07) is 13.2. The summed E-state index contributed by atoms with van der Waals surface area (Å²) in [7, 11) is 0. The molecule has 2 aromatic rings. The van der Waals surface area contributed by atoms with E-state index in [0.717, 1.165) is 42.9 Å². The second kappa shape index (κ2) is 11.0. The SMILES string of the molecule is O=C(CC1C(=O)CC(O)C1/C=C/CCCCCCO)Oc1cccc2ccccc12. The van der Waals surface area contributed by atoms with Crippen molar-refractivity contribution in [1.29, 1.82) is 0 Å². The molecular formula is C25H30O5. The Bertz CT molecular complexity index is 883. The van der Waals surface area contributed by atoms with Gasteiger partial charge in [0.1, 0.15) is 11.5 Å². The fourth-order valence-corrected chi connectivity index (χ4v) is 4.10. The molecule has 30 heavy (non-hydrogen) atoms. The lowest BCUT2D eigenvalue weighted by Gasteiger charge is -2.17. The van der Waals surface area contributed by atoms with Gasteiger partial charge in [-0.1, -0.05) is 61.4 Å². The van der Waals surface area contributed by atoms with Gasteiger partial charge in [0, 0.05) is 30.2 Å². The Kier molecular flexibility index (Phi) is 8.17. The summed E-state index contributed by atoms with van der Waals surface area (Å²) in [5, 5.41) is 20.9. The number of ether oxygens (including phenoxy) is 1. The topological polar surface area (TPSA) is 83.8 Å². The number of esters is 1. The first-order chi connectivity index (χ1) is 14.6. The highest BCUT2D eigenvalue weighted by molar-refractivity contribution is 5.92. The third kappa shape index (κ3) is 5.77. The van der Waals surface area contributed by atoms with Crippen LogP contribution in [0.4, 0.5) is 0 Å². The lowest BCUT2D eigenvalue weighted by molar-refractivity contribution is -0.138. The summed E-state index contributed by atoms with van der Waals surface area (Å²) >= 11 is 0. The molecule has 3 unspecified atom stereocenters. The van der Waals surface area contributed by atoms with Crippen LogP contribution in [0.5, 0.6) is 5.75 Å². The smallest absolute Gasteiger partial charge is 0.311 e. The third-order valence-corrected chi connectivity index (χ3v) is 5.73. The fraction of sp³-hybridized carbons (Fsp3) is 0.440. The maximum Gasteiger partial charge on any atom is 0.311 e. The summed E-state index contributed by atoms with van der Waals surface area (Å²) in [5.74, 6) is -0.960. The van der Waals surface area contributed by atoms with Gasteiger partial charge in [-0.2, -0.15) is 0 Å². The number of allylic oxidation sites excluding steroid dienone is 1. The molecule has 0 spiro atoms. The zero-order valence-corrected chi connectivity index (χ0v) is 17.2. The molecule has 1 aliphatic carbocycles. The lowest BCUT2D eigenvalue weighted by Crippen LogP contribution is -2.23. The van der Waals surface area contributed by atoms with E-state index >= 15 is 0 Å². The maximum absolute atomic E-state index is 12.6. The number of Topliss-reactive ketones (excluding diaryl/α,β-unsaturated/α-hetero) is 1. The molecule has 160 valence electrons. The second-order valence-corrected chi connectivity index (χ2v) is 7.93. The van der Waals surface area contributed by atoms with E-state index < -0.39 is 18.0 Å². The quantitative estimate of drug-likeness (QED) is 0.265. The van der Waals surface area contributed by atoms with E-state index in [0.29, 0.717) is 5.75 Å². The largest absolute Gasteiger partial charge is 0.426 e. The van der Waals surface area contributed by atoms with Crippen LogP contribution in [0, 0.1) is 11.8 Å². The lowest BCUT2D eigenvalue weighted by atomic mass is 9.90. The molecule has 0 aromatic heterocycles. The Morgan fingerprint density at radius 3 is 2.67 bits per heavy atom. The van der Waals surface area contributed by atoms with Crippen molar-refractivity contribution in [2.24, 2.45) is 11.8 Å². The predicted octanol–water partition coefficient (Wildman–Crippen LogP) is 4.20. The van der Waals surface area contributed by atoms with Crippen LogP contribution in [0.3, 0.4) is 0 Å². The van der Waals surface area contributed by atoms with E-state index in [1.807, 2.05) is 48.6 Å². The van der Waals surface area contributed by atoms with Gasteiger partial charge in [-0.3, -0.25) is 9.59 Å². The van der Waals surface area contributed by atoms with E-state index in [1.165, 1.54) is 0 Å². The van der Waals surface area contributed by atoms with Crippen LogP contribution in [-0.4, -0.2) is 34.7 Å². The number of carbonyl (C=O) groups excluding carboxylic acids is 2. The highest BCUT2D eigenvalue weighted by Gasteiger charge is 2.41. The molecule has 2 N–H and O–H groups in total. The van der Waals surface area contributed by atoms with Gasteiger partial charge in [-0.15, -0.1) is 0 Å². The number of fused-ring (bicyclic) bond motifs is 1. The van der Waals surface area contributed by atoms with Gasteiger partial charge in [0.25, 0.3) is 0 Å². The van der Waals surface area contributed by atoms with Crippen LogP contribution in [0.15, 0.2) is 54.6 Å². The number of ketones is 1. The normalized spacial score (nSPS) is 21.5. The van der Waals surface area contributed by atoms with Gasteiger partial charge in [0.2, 0.25) is 0 Å². The van der Waals surface area contributed by atoms with Gasteiger partial charge in [-0.25, -0.2) is 0 Å². The first kappa shape index (κ1) is 22.2. The van der Waals surface area contributed by atoms with Crippen LogP contribution in [0.25, 0.3) is 10.8 Å². The molecule has 1 aliphatic rings. The summed E-state index contributed by atoms with van der Waals surface area (Å²) in [6.07, 6.45) is 7.89. The molecule has 1 fully saturated rings. The zero-order valence-electron chi connectivity index (χ0n) is 17.2. The molecule has 0 radical (unpaired) electrons. The molecule has 5 nitrogen and oxygen atoms in total. The number of aliphatic hydroxyl groups is 2. The number of benzene rings is 2. The number of hydrogen-bond acceptors (Lipinski definition) is 5. The highest BCUT2D eigenvalue weighted by atomic mass is 16.5. The van der Waals surface area contributed by atoms with Crippen LogP contribution in [-0.2, 0) is 9.59 Å². The highest BCUT2D eigenvalue weighted by Crippen LogP contribution is 2.34. The molecule has 2 aromatic carbocycles. The molecule has 0 heterocycles. The fourth-order valence-electron chi connectivity index (χ4n) is 4.10. The summed E-state index contributed by atoms with van der Waals surface area (Å²) in [4.78, 5) is 25.0. The molecule has 0 saturated heterocycles. The predicted molar refractivity (Wildman–Crippen MR) is 116 cm³/mol. The van der Waals surface area contributed by atoms with Gasteiger partial charge in [0.15, 0.2) is 0 Å². The number of unbranched alkanes of at least 4 members (excludes halogenated alkanes) is 4. The molecular weight excluding hydrogens is 380 g/mol. The van der Waals surface area contributed by atoms with Crippen LogP contribution in [0.2, 0.25) is 0 Å². The summed E-state index contributed by atoms with van der Waals surface area (Å²) < 4.78 is 5.58. The molecule has 3 rings (SSSR count). The van der Waals surface area contributed by atoms with Crippen LogP contribution >= 0.6 is 0 Å². The average molecular weight is 411 g/mol. The Labute approximate surface area is 177 Å². The second-order valence-electron chi connectivity index (χ2n) is 7.93. The standard InChI is InChI=1S/C25H30O5/c26-15-8-4-2-1-3-5-13-20-21(23(28)17-22(20)27)16-25(29)30-24-14-9-11-18-10-6-7-12-19(18)24/h5-7,9-14,20-22,26-27H,1-4,8,15-17H2/b13-5+. The Morgan fingerprint density at radius 2 is 1.83 bits per heavy atom. The van der Waals surface area contributed by atoms with Crippen LogP contribution < -0.4 is 4.74 Å². The molecule has 0 amide bonds. The van der Waals surface area contributed by atoms with E-state index in [4.69, 9.17) is 9.84 Å². The molecule has 3 atom stereocenters. The number of carbonyl (C=O) groups is 2. The molecule has 0 bridgehead atoms. The van der Waals surface area contributed by atoms with Crippen molar-refractivity contribution in [3.05, 3.63) is 54.6 Å². The van der Waals surface area contributed by atoms with Crippen molar-refractivity contribution < 1.29 is 24.5 Å². The first-order valence-corrected chi connectivity index (χ1v) is 10.8. The van der Waals surface area contributed by atoms with Gasteiger partial charge < -0.3 is 14.9 Å². The van der Waals surface area contributed by atoms with E-state index in [-0.39, 0.29) is 31.1 Å². The minimum Gasteiger partial charge on any atom is -0.426 e. The molecule has 0 aliphatic heterocycles. The van der Waals surface area contributed by atoms with Crippen molar-refractivity contribution >= 4 is 22.5 Å². The van der Waals surface area contributed by atoms with Crippen molar-refractivity contribution in [3.8, 4) is 5.75 Å². The first-order valence-electron chi connectivity index (χ1n) is 10.8. The summed E-state index contributed by atoms with van der Waals surface area (Å²) in [6.45, 7) is 0.225. The Morgan fingerprint density at radius 1 is 1.07 bits per heavy atom. The molecule has 1 saturated carbocycles. The van der Waals surface area contributed by atoms with Crippen LogP contribution in [0.1, 0.15) is 44.9 Å². The van der Waals surface area contributed by atoms with Crippen molar-refractivity contribution in [3.63, 3.8) is 0 Å². The zero-order chi connectivity index (χ0) is 21.3. The third-order valence-electron chi connectivity index (χ3n) is 5.73. The Hall–Kier alpha value is -2.50. The minimum atomic E-state index is -0.751. The number of hydrogen-bond donors (Lipinski definition) is 2. The van der Waals surface area contributed by atoms with Gasteiger partial charge in [0.05, 0.1) is 12.5 Å². The van der Waals surface area contributed by atoms with Gasteiger partial charge >= 0.3 is 5.97 Å². The maximum atomic E-state index is 12.6.